The van der Waals surface area contributed by atoms with Gasteiger partial charge in [-0.2, -0.15) is 5.26 Å². The molecule has 0 spiro atoms. The van der Waals surface area contributed by atoms with E-state index < -0.39 is 13.9 Å². The molecule has 86 valence electrons. The Morgan fingerprint density at radius 2 is 2.25 bits per heavy atom. The number of aryl methyl sites for hydroxylation is 1. The number of H-pyrrole nitrogens is 1. The lowest BCUT2D eigenvalue weighted by atomic mass is 9.84. The topological polar surface area (TPSA) is 48.8 Å². The second-order valence-electron chi connectivity index (χ2n) is 5.38. The maximum absolute atomic E-state index is 9.50. The SMILES string of the molecule is C[Si](C)(C)OC1(C#N)CCCc2[nH]ccc21. The van der Waals surface area contributed by atoms with E-state index in [0.29, 0.717) is 0 Å². The summed E-state index contributed by atoms with van der Waals surface area (Å²) in [6, 6.07) is 4.41. The van der Waals surface area contributed by atoms with Gasteiger partial charge in [0, 0.05) is 17.5 Å². The Morgan fingerprint density at radius 3 is 2.88 bits per heavy atom. The van der Waals surface area contributed by atoms with E-state index in [-0.39, 0.29) is 0 Å². The molecule has 0 amide bonds. The van der Waals surface area contributed by atoms with Crippen molar-refractivity contribution in [1.29, 1.82) is 5.26 Å². The molecule has 4 heteroatoms. The average molecular weight is 234 g/mol. The van der Waals surface area contributed by atoms with E-state index in [9.17, 15) is 5.26 Å². The summed E-state index contributed by atoms with van der Waals surface area (Å²) in [5.41, 5.74) is 1.53. The lowest BCUT2D eigenvalue weighted by molar-refractivity contribution is 0.0984. The van der Waals surface area contributed by atoms with Crippen molar-refractivity contribution in [2.24, 2.45) is 0 Å². The predicted molar refractivity (Wildman–Crippen MR) is 65.5 cm³/mol. The molecule has 1 atom stereocenters. The number of nitrogens with zero attached hydrogens (tertiary/aromatic N) is 1. The van der Waals surface area contributed by atoms with E-state index in [2.05, 4.69) is 30.7 Å². The van der Waals surface area contributed by atoms with E-state index in [0.717, 1.165) is 24.8 Å². The molecule has 2 rings (SSSR count). The van der Waals surface area contributed by atoms with Gasteiger partial charge in [0.05, 0.1) is 0 Å². The maximum Gasteiger partial charge on any atom is 0.186 e. The minimum absolute atomic E-state index is 0.696. The molecule has 0 aromatic carbocycles. The molecule has 3 nitrogen and oxygen atoms in total. The van der Waals surface area contributed by atoms with Crippen LogP contribution in [0, 0.1) is 11.3 Å². The fourth-order valence-corrected chi connectivity index (χ4v) is 3.71. The lowest BCUT2D eigenvalue weighted by Gasteiger charge is -2.36. The summed E-state index contributed by atoms with van der Waals surface area (Å²) in [5.74, 6) is 0. The number of rotatable bonds is 2. The molecule has 1 aromatic heterocycles. The molecule has 0 saturated heterocycles. The van der Waals surface area contributed by atoms with Gasteiger partial charge in [-0.15, -0.1) is 0 Å². The highest BCUT2D eigenvalue weighted by atomic mass is 28.4. The van der Waals surface area contributed by atoms with E-state index in [4.69, 9.17) is 4.43 Å². The van der Waals surface area contributed by atoms with Gasteiger partial charge in [0.1, 0.15) is 6.07 Å². The minimum atomic E-state index is -1.72. The number of fused-ring (bicyclic) bond motifs is 1. The van der Waals surface area contributed by atoms with Gasteiger partial charge < -0.3 is 9.41 Å². The molecule has 0 fully saturated rings. The Kier molecular flexibility index (Phi) is 2.68. The molecule has 0 bridgehead atoms. The van der Waals surface area contributed by atoms with E-state index in [1.807, 2.05) is 12.3 Å². The van der Waals surface area contributed by atoms with Gasteiger partial charge in [-0.1, -0.05) is 0 Å². The number of hydrogen-bond acceptors (Lipinski definition) is 2. The van der Waals surface area contributed by atoms with Crippen molar-refractivity contribution in [3.8, 4) is 6.07 Å². The molecule has 1 heterocycles. The Balaban J connectivity index is 2.42. The zero-order valence-corrected chi connectivity index (χ0v) is 11.1. The largest absolute Gasteiger partial charge is 0.396 e. The van der Waals surface area contributed by atoms with Crippen LogP contribution in [0.3, 0.4) is 0 Å². The van der Waals surface area contributed by atoms with Crippen molar-refractivity contribution in [2.45, 2.75) is 44.5 Å². The first-order valence-electron chi connectivity index (χ1n) is 5.75. The number of hydrogen-bond donors (Lipinski definition) is 1. The van der Waals surface area contributed by atoms with Gasteiger partial charge >= 0.3 is 0 Å². The number of nitriles is 1. The van der Waals surface area contributed by atoms with Crippen LogP contribution in [0.1, 0.15) is 24.1 Å². The maximum atomic E-state index is 9.50. The van der Waals surface area contributed by atoms with Crippen LogP contribution in [0.2, 0.25) is 19.6 Å². The zero-order valence-electron chi connectivity index (χ0n) is 10.1. The molecule has 0 radical (unpaired) electrons. The molecule has 1 aromatic rings. The molecule has 1 aliphatic rings. The molecule has 1 unspecified atom stereocenters. The van der Waals surface area contributed by atoms with Gasteiger partial charge in [-0.25, -0.2) is 0 Å². The first kappa shape index (κ1) is 11.4. The summed E-state index contributed by atoms with van der Waals surface area (Å²) in [6.07, 6.45) is 4.78. The molecular weight excluding hydrogens is 216 g/mol. The fraction of sp³-hybridized carbons (Fsp3) is 0.583. The Hall–Kier alpha value is -1.05. The van der Waals surface area contributed by atoms with Gasteiger partial charge in [-0.05, 0) is 45.0 Å². The van der Waals surface area contributed by atoms with Gasteiger partial charge in [0.15, 0.2) is 13.9 Å². The molecule has 1 aliphatic carbocycles. The van der Waals surface area contributed by atoms with Crippen LogP contribution < -0.4 is 0 Å². The third-order valence-corrected chi connectivity index (χ3v) is 3.85. The first-order chi connectivity index (χ1) is 7.47. The summed E-state index contributed by atoms with van der Waals surface area (Å²) >= 11 is 0. The van der Waals surface area contributed by atoms with Crippen molar-refractivity contribution in [3.05, 3.63) is 23.5 Å². The first-order valence-corrected chi connectivity index (χ1v) is 9.16. The highest BCUT2D eigenvalue weighted by Gasteiger charge is 2.41. The van der Waals surface area contributed by atoms with Crippen LogP contribution in [-0.2, 0) is 16.4 Å². The number of aromatic amines is 1. The second-order valence-corrected chi connectivity index (χ2v) is 9.81. The summed E-state index contributed by atoms with van der Waals surface area (Å²) in [6.45, 7) is 6.40. The summed E-state index contributed by atoms with van der Waals surface area (Å²) < 4.78 is 6.16. The zero-order chi connectivity index (χ0) is 11.8. The van der Waals surface area contributed by atoms with Crippen LogP contribution in [-0.4, -0.2) is 13.3 Å². The van der Waals surface area contributed by atoms with E-state index in [1.54, 1.807) is 0 Å². The van der Waals surface area contributed by atoms with Crippen LogP contribution in [0.5, 0.6) is 0 Å². The molecule has 0 aliphatic heterocycles. The molecule has 1 N–H and O–H groups in total. The van der Waals surface area contributed by atoms with Crippen molar-refractivity contribution in [1.82, 2.24) is 4.98 Å². The summed E-state index contributed by atoms with van der Waals surface area (Å²) in [5, 5.41) is 9.50. The van der Waals surface area contributed by atoms with Gasteiger partial charge in [0.2, 0.25) is 0 Å². The third kappa shape index (κ3) is 1.93. The molecular formula is C12H18N2OSi. The Labute approximate surface area is 97.6 Å². The smallest absolute Gasteiger partial charge is 0.186 e. The quantitative estimate of drug-likeness (QED) is 0.800. The standard InChI is InChI=1S/C12H18N2OSi/c1-16(2,3)15-12(9-13)7-4-5-11-10(12)6-8-14-11/h6,8,14H,4-5,7H2,1-3H3. The molecule has 16 heavy (non-hydrogen) atoms. The van der Waals surface area contributed by atoms with Crippen LogP contribution in [0.25, 0.3) is 0 Å². The lowest BCUT2D eigenvalue weighted by Crippen LogP contribution is -2.41. The number of aromatic nitrogens is 1. The van der Waals surface area contributed by atoms with Crippen LogP contribution >= 0.6 is 0 Å². The second kappa shape index (κ2) is 3.76. The van der Waals surface area contributed by atoms with E-state index >= 15 is 0 Å². The minimum Gasteiger partial charge on any atom is -0.396 e. The fourth-order valence-electron chi connectivity index (χ4n) is 2.41. The highest BCUT2D eigenvalue weighted by molar-refractivity contribution is 6.69. The van der Waals surface area contributed by atoms with Crippen LogP contribution in [0.15, 0.2) is 12.3 Å². The van der Waals surface area contributed by atoms with E-state index in [1.165, 1.54) is 5.69 Å². The van der Waals surface area contributed by atoms with Crippen molar-refractivity contribution < 1.29 is 4.43 Å². The number of nitrogens with one attached hydrogen (secondary N) is 1. The van der Waals surface area contributed by atoms with Gasteiger partial charge in [0.25, 0.3) is 0 Å². The van der Waals surface area contributed by atoms with Crippen molar-refractivity contribution in [3.63, 3.8) is 0 Å². The predicted octanol–water partition coefficient (Wildman–Crippen LogP) is 2.92. The summed E-state index contributed by atoms with van der Waals surface area (Å²) in [7, 11) is -1.72. The Morgan fingerprint density at radius 1 is 1.50 bits per heavy atom. The monoisotopic (exact) mass is 234 g/mol. The van der Waals surface area contributed by atoms with Crippen molar-refractivity contribution in [2.75, 3.05) is 0 Å². The van der Waals surface area contributed by atoms with Crippen LogP contribution in [0.4, 0.5) is 0 Å². The Bertz CT molecular complexity index is 427. The van der Waals surface area contributed by atoms with Crippen molar-refractivity contribution >= 4 is 8.32 Å². The van der Waals surface area contributed by atoms with Gasteiger partial charge in [-0.3, -0.25) is 0 Å². The summed E-state index contributed by atoms with van der Waals surface area (Å²) in [4.78, 5) is 3.22. The third-order valence-electron chi connectivity index (χ3n) is 2.88. The highest BCUT2D eigenvalue weighted by Crippen LogP contribution is 2.39. The average Bonchev–Trinajstić information content (AvgIpc) is 2.64. The normalized spacial score (nSPS) is 24.9. The molecule has 0 saturated carbocycles.